The van der Waals surface area contributed by atoms with Gasteiger partial charge in [-0.05, 0) is 49.5 Å². The van der Waals surface area contributed by atoms with Crippen LogP contribution in [0.15, 0.2) is 42.9 Å². The van der Waals surface area contributed by atoms with E-state index in [2.05, 4.69) is 27.4 Å². The summed E-state index contributed by atoms with van der Waals surface area (Å²) in [5.41, 5.74) is 1.40. The van der Waals surface area contributed by atoms with E-state index in [-0.39, 0.29) is 12.4 Å². The Morgan fingerprint density at radius 2 is 1.80 bits per heavy atom. The Balaban J connectivity index is 0.00000147. The Hall–Kier alpha value is -1.65. The Kier molecular flexibility index (Phi) is 5.32. The SMILES string of the molecule is Cl.c1cnc(Oc2ccc(C3CCNCC3)cc2)cn1. The van der Waals surface area contributed by atoms with Crippen molar-refractivity contribution in [1.82, 2.24) is 15.3 Å². The van der Waals surface area contributed by atoms with Crippen molar-refractivity contribution in [3.8, 4) is 11.6 Å². The minimum Gasteiger partial charge on any atom is -0.438 e. The van der Waals surface area contributed by atoms with E-state index < -0.39 is 0 Å². The highest BCUT2D eigenvalue weighted by atomic mass is 35.5. The maximum Gasteiger partial charge on any atom is 0.237 e. The molecule has 2 heterocycles. The summed E-state index contributed by atoms with van der Waals surface area (Å²) in [6, 6.07) is 8.32. The molecule has 1 aliphatic heterocycles. The second-order valence-electron chi connectivity index (χ2n) is 4.74. The van der Waals surface area contributed by atoms with Gasteiger partial charge in [0.25, 0.3) is 0 Å². The fraction of sp³-hybridized carbons (Fsp3) is 0.333. The van der Waals surface area contributed by atoms with E-state index in [1.165, 1.54) is 18.4 Å². The monoisotopic (exact) mass is 291 g/mol. The third-order valence-electron chi connectivity index (χ3n) is 3.45. The molecule has 1 aromatic carbocycles. The molecule has 0 amide bonds. The number of piperidine rings is 1. The summed E-state index contributed by atoms with van der Waals surface area (Å²) in [7, 11) is 0. The van der Waals surface area contributed by atoms with Crippen LogP contribution in [0.1, 0.15) is 24.3 Å². The van der Waals surface area contributed by atoms with Gasteiger partial charge in [0.2, 0.25) is 5.88 Å². The fourth-order valence-electron chi connectivity index (χ4n) is 2.42. The highest BCUT2D eigenvalue weighted by Crippen LogP contribution is 2.27. The van der Waals surface area contributed by atoms with Crippen molar-refractivity contribution in [1.29, 1.82) is 0 Å². The molecule has 0 atom stereocenters. The number of aromatic nitrogens is 2. The van der Waals surface area contributed by atoms with Gasteiger partial charge in [-0.15, -0.1) is 12.4 Å². The summed E-state index contributed by atoms with van der Waals surface area (Å²) in [5.74, 6) is 2.00. The first-order valence-corrected chi connectivity index (χ1v) is 6.66. The molecule has 20 heavy (non-hydrogen) atoms. The minimum absolute atomic E-state index is 0. The van der Waals surface area contributed by atoms with Gasteiger partial charge in [0.15, 0.2) is 0 Å². The smallest absolute Gasteiger partial charge is 0.237 e. The molecule has 1 aliphatic rings. The molecular formula is C15H18ClN3O. The molecule has 1 fully saturated rings. The van der Waals surface area contributed by atoms with E-state index in [0.717, 1.165) is 18.8 Å². The summed E-state index contributed by atoms with van der Waals surface area (Å²) < 4.78 is 5.63. The number of nitrogens with one attached hydrogen (secondary N) is 1. The third-order valence-corrected chi connectivity index (χ3v) is 3.45. The van der Waals surface area contributed by atoms with Crippen LogP contribution in [0.4, 0.5) is 0 Å². The number of hydrogen-bond donors (Lipinski definition) is 1. The van der Waals surface area contributed by atoms with Gasteiger partial charge in [0, 0.05) is 12.4 Å². The summed E-state index contributed by atoms with van der Waals surface area (Å²) >= 11 is 0. The summed E-state index contributed by atoms with van der Waals surface area (Å²) in [5, 5.41) is 3.39. The van der Waals surface area contributed by atoms with E-state index in [0.29, 0.717) is 11.8 Å². The molecule has 3 rings (SSSR count). The predicted molar refractivity (Wildman–Crippen MR) is 80.6 cm³/mol. The van der Waals surface area contributed by atoms with E-state index in [9.17, 15) is 0 Å². The van der Waals surface area contributed by atoms with Crippen molar-refractivity contribution < 1.29 is 4.74 Å². The molecule has 1 N–H and O–H groups in total. The van der Waals surface area contributed by atoms with Gasteiger partial charge in [0.05, 0.1) is 6.20 Å². The molecule has 2 aromatic rings. The normalized spacial score (nSPS) is 15.4. The van der Waals surface area contributed by atoms with Crippen LogP contribution in [0, 0.1) is 0 Å². The van der Waals surface area contributed by atoms with Crippen molar-refractivity contribution in [2.75, 3.05) is 13.1 Å². The molecule has 1 aromatic heterocycles. The van der Waals surface area contributed by atoms with E-state index in [1.54, 1.807) is 18.6 Å². The maximum absolute atomic E-state index is 5.63. The van der Waals surface area contributed by atoms with Crippen molar-refractivity contribution in [2.45, 2.75) is 18.8 Å². The zero-order valence-electron chi connectivity index (χ0n) is 11.2. The lowest BCUT2D eigenvalue weighted by Gasteiger charge is -2.23. The van der Waals surface area contributed by atoms with E-state index in [4.69, 9.17) is 4.74 Å². The molecule has 0 spiro atoms. The first-order valence-electron chi connectivity index (χ1n) is 6.66. The molecule has 0 radical (unpaired) electrons. The Labute approximate surface area is 125 Å². The quantitative estimate of drug-likeness (QED) is 0.944. The average Bonchev–Trinajstić information content (AvgIpc) is 2.50. The van der Waals surface area contributed by atoms with Gasteiger partial charge in [-0.1, -0.05) is 12.1 Å². The van der Waals surface area contributed by atoms with Crippen LogP contribution in [0.25, 0.3) is 0 Å². The molecular weight excluding hydrogens is 274 g/mol. The van der Waals surface area contributed by atoms with Crippen LogP contribution in [-0.4, -0.2) is 23.1 Å². The summed E-state index contributed by atoms with van der Waals surface area (Å²) in [6.07, 6.45) is 7.29. The first kappa shape index (κ1) is 14.8. The topological polar surface area (TPSA) is 47.0 Å². The van der Waals surface area contributed by atoms with Gasteiger partial charge >= 0.3 is 0 Å². The lowest BCUT2D eigenvalue weighted by atomic mass is 9.90. The maximum atomic E-state index is 5.63. The molecule has 0 aliphatic carbocycles. The van der Waals surface area contributed by atoms with Crippen LogP contribution in [-0.2, 0) is 0 Å². The fourth-order valence-corrected chi connectivity index (χ4v) is 2.42. The molecule has 0 bridgehead atoms. The summed E-state index contributed by atoms with van der Waals surface area (Å²) in [6.45, 7) is 2.23. The van der Waals surface area contributed by atoms with Crippen molar-refractivity contribution >= 4 is 12.4 Å². The van der Waals surface area contributed by atoms with Crippen LogP contribution < -0.4 is 10.1 Å². The van der Waals surface area contributed by atoms with Crippen LogP contribution >= 0.6 is 12.4 Å². The highest BCUT2D eigenvalue weighted by Gasteiger charge is 2.14. The lowest BCUT2D eigenvalue weighted by molar-refractivity contribution is 0.453. The number of ether oxygens (including phenoxy) is 1. The highest BCUT2D eigenvalue weighted by molar-refractivity contribution is 5.85. The second kappa shape index (κ2) is 7.22. The van der Waals surface area contributed by atoms with Gasteiger partial charge in [-0.2, -0.15) is 0 Å². The van der Waals surface area contributed by atoms with Crippen molar-refractivity contribution in [3.63, 3.8) is 0 Å². The number of hydrogen-bond acceptors (Lipinski definition) is 4. The number of benzene rings is 1. The van der Waals surface area contributed by atoms with Crippen LogP contribution in [0.2, 0.25) is 0 Å². The zero-order valence-corrected chi connectivity index (χ0v) is 12.0. The largest absolute Gasteiger partial charge is 0.438 e. The predicted octanol–water partition coefficient (Wildman–Crippen LogP) is 3.16. The van der Waals surface area contributed by atoms with Gasteiger partial charge in [-0.3, -0.25) is 4.98 Å². The number of nitrogens with zero attached hydrogens (tertiary/aromatic N) is 2. The number of rotatable bonds is 3. The summed E-state index contributed by atoms with van der Waals surface area (Å²) in [4.78, 5) is 8.07. The molecule has 0 unspecified atom stereocenters. The van der Waals surface area contributed by atoms with Gasteiger partial charge in [0.1, 0.15) is 5.75 Å². The minimum atomic E-state index is 0. The average molecular weight is 292 g/mol. The van der Waals surface area contributed by atoms with Gasteiger partial charge < -0.3 is 10.1 Å². The van der Waals surface area contributed by atoms with E-state index in [1.807, 2.05) is 12.1 Å². The second-order valence-corrected chi connectivity index (χ2v) is 4.74. The Morgan fingerprint density at radius 3 is 2.45 bits per heavy atom. The van der Waals surface area contributed by atoms with Crippen LogP contribution in [0.3, 0.4) is 0 Å². The molecule has 0 saturated carbocycles. The van der Waals surface area contributed by atoms with Gasteiger partial charge in [-0.25, -0.2) is 4.98 Å². The zero-order chi connectivity index (χ0) is 12.9. The molecule has 5 heteroatoms. The van der Waals surface area contributed by atoms with Crippen molar-refractivity contribution in [3.05, 3.63) is 48.4 Å². The lowest BCUT2D eigenvalue weighted by Crippen LogP contribution is -2.26. The number of halogens is 1. The molecule has 106 valence electrons. The Morgan fingerprint density at radius 1 is 1.05 bits per heavy atom. The molecule has 1 saturated heterocycles. The first-order chi connectivity index (χ1) is 9.42. The standard InChI is InChI=1S/C15H17N3O.ClH/c1-3-14(19-15-11-17-9-10-18-15)4-2-12(1)13-5-7-16-8-6-13;/h1-4,9-11,13,16H,5-8H2;1H. The Bertz CT molecular complexity index is 512. The van der Waals surface area contributed by atoms with E-state index >= 15 is 0 Å². The van der Waals surface area contributed by atoms with Crippen LogP contribution in [0.5, 0.6) is 11.6 Å². The third kappa shape index (κ3) is 3.68. The van der Waals surface area contributed by atoms with Crippen molar-refractivity contribution in [2.24, 2.45) is 0 Å². The molecule has 4 nitrogen and oxygen atoms in total.